The summed E-state index contributed by atoms with van der Waals surface area (Å²) in [6, 6.07) is 0. The van der Waals surface area contributed by atoms with E-state index >= 15 is 0 Å². The molecule has 0 amide bonds. The van der Waals surface area contributed by atoms with Gasteiger partial charge in [0.1, 0.15) is 0 Å². The van der Waals surface area contributed by atoms with Crippen molar-refractivity contribution in [2.75, 3.05) is 0 Å². The molecule has 0 bridgehead atoms. The van der Waals surface area contributed by atoms with Crippen molar-refractivity contribution in [3.05, 3.63) is 35.5 Å². The van der Waals surface area contributed by atoms with Crippen LogP contribution in [0.25, 0.3) is 0 Å². The maximum Gasteiger partial charge on any atom is 3.00 e. The van der Waals surface area contributed by atoms with Crippen LogP contribution in [0.15, 0.2) is 35.5 Å². The smallest absolute Gasteiger partial charge is 0.875 e. The van der Waals surface area contributed by atoms with Crippen LogP contribution in [0, 0.1) is 32.5 Å². The minimum Gasteiger partial charge on any atom is -0.875 e. The Morgan fingerprint density at radius 1 is 0.350 bits per heavy atom. The van der Waals surface area contributed by atoms with Crippen molar-refractivity contribution < 1.29 is 46.8 Å². The van der Waals surface area contributed by atoms with Crippen molar-refractivity contribution in [2.45, 2.75) is 125 Å². The molecule has 0 saturated heterocycles. The zero-order valence-electron chi connectivity index (χ0n) is 28.5. The van der Waals surface area contributed by atoms with E-state index in [1.807, 2.05) is 125 Å². The number of allylic oxidation sites excluding steroid dienone is 6. The van der Waals surface area contributed by atoms with E-state index in [2.05, 4.69) is 0 Å². The first-order valence-corrected chi connectivity index (χ1v) is 13.5. The third-order valence-corrected chi connectivity index (χ3v) is 5.22. The van der Waals surface area contributed by atoms with Gasteiger partial charge in [-0.25, -0.2) is 0 Å². The molecule has 7 heteroatoms. The summed E-state index contributed by atoms with van der Waals surface area (Å²) in [4.78, 5) is 34.3. The molecule has 0 aliphatic rings. The summed E-state index contributed by atoms with van der Waals surface area (Å²) in [5.41, 5.74) is -2.74. The van der Waals surface area contributed by atoms with E-state index in [-0.39, 0.29) is 51.7 Å². The molecule has 0 unspecified atom stereocenters. The van der Waals surface area contributed by atoms with Crippen molar-refractivity contribution in [3.63, 3.8) is 0 Å². The van der Waals surface area contributed by atoms with Gasteiger partial charge in [-0.15, -0.1) is 17.3 Å². The molecule has 0 atom stereocenters. The normalized spacial score (nSPS) is 14.1. The van der Waals surface area contributed by atoms with Crippen LogP contribution in [0.3, 0.4) is 0 Å². The molecule has 0 aromatic heterocycles. The Kier molecular flexibility index (Phi) is 18.0. The zero-order valence-corrected chi connectivity index (χ0v) is 29.6. The van der Waals surface area contributed by atoms with E-state index in [1.54, 1.807) is 0 Å². The van der Waals surface area contributed by atoms with E-state index in [0.29, 0.717) is 0 Å². The fourth-order valence-corrected chi connectivity index (χ4v) is 1.66. The van der Waals surface area contributed by atoms with Gasteiger partial charge in [0.15, 0.2) is 17.3 Å². The molecule has 0 aromatic rings. The summed E-state index contributed by atoms with van der Waals surface area (Å²) >= 11 is 0. The molecular formula is C33H57FeO6. The third-order valence-electron chi connectivity index (χ3n) is 5.22. The molecule has 0 N–H and O–H groups in total. The predicted molar refractivity (Wildman–Crippen MR) is 156 cm³/mol. The molecule has 0 aliphatic heterocycles. The van der Waals surface area contributed by atoms with E-state index < -0.39 is 32.5 Å². The van der Waals surface area contributed by atoms with Gasteiger partial charge in [-0.2, -0.15) is 0 Å². The second kappa shape index (κ2) is 16.0. The van der Waals surface area contributed by atoms with Crippen LogP contribution in [0.1, 0.15) is 125 Å². The Morgan fingerprint density at radius 2 is 0.475 bits per heavy atom. The summed E-state index contributed by atoms with van der Waals surface area (Å²) < 4.78 is 0. The number of carbonyl (C=O) groups excluding carboxylic acids is 3. The van der Waals surface area contributed by atoms with Crippen molar-refractivity contribution in [1.82, 2.24) is 0 Å². The standard InChI is InChI=1S/3C11H20O2.Fe/c3*1-10(2,3)8(12)7-9(13)11(4,5)6;/h3*7,12H,1-6H3;/q;;;+3/p-3. The third kappa shape index (κ3) is 21.0. The van der Waals surface area contributed by atoms with Crippen LogP contribution in [0.5, 0.6) is 0 Å². The molecule has 40 heavy (non-hydrogen) atoms. The first-order chi connectivity index (χ1) is 16.6. The van der Waals surface area contributed by atoms with Gasteiger partial charge < -0.3 is 15.3 Å². The second-order valence-electron chi connectivity index (χ2n) is 16.1. The predicted octanol–water partition coefficient (Wildman–Crippen LogP) is 5.67. The number of carbonyl (C=O) groups is 3. The second-order valence-corrected chi connectivity index (χ2v) is 16.1. The van der Waals surface area contributed by atoms with E-state index in [4.69, 9.17) is 0 Å². The fourth-order valence-electron chi connectivity index (χ4n) is 1.66. The maximum atomic E-state index is 11.4. The molecule has 0 heterocycles. The van der Waals surface area contributed by atoms with Crippen molar-refractivity contribution in [2.24, 2.45) is 32.5 Å². The van der Waals surface area contributed by atoms with Gasteiger partial charge in [0, 0.05) is 16.2 Å². The van der Waals surface area contributed by atoms with Gasteiger partial charge in [-0.1, -0.05) is 125 Å². The van der Waals surface area contributed by atoms with Gasteiger partial charge in [0.2, 0.25) is 0 Å². The monoisotopic (exact) mass is 605 g/mol. The Balaban J connectivity index is -0.000000240. The van der Waals surface area contributed by atoms with Gasteiger partial charge in [-0.3, -0.25) is 14.4 Å². The van der Waals surface area contributed by atoms with Crippen LogP contribution in [0.4, 0.5) is 0 Å². The molecule has 1 radical (unpaired) electrons. The summed E-state index contributed by atoms with van der Waals surface area (Å²) in [6.07, 6.45) is 3.67. The van der Waals surface area contributed by atoms with E-state index in [9.17, 15) is 29.7 Å². The SMILES string of the molecule is CC(C)(C)C(=O)C=C([O-])C(C)(C)C.CC(C)(C)C(=O)C=C([O-])C(C)(C)C.CC(C)(C)C(=O)C=C([O-])C(C)(C)C.[Fe+3]. The molecule has 6 nitrogen and oxygen atoms in total. The first kappa shape index (κ1) is 45.1. The molecule has 0 rings (SSSR count). The van der Waals surface area contributed by atoms with E-state index in [1.165, 1.54) is 18.2 Å². The van der Waals surface area contributed by atoms with Crippen molar-refractivity contribution in [3.8, 4) is 0 Å². The van der Waals surface area contributed by atoms with Gasteiger partial charge in [-0.05, 0) is 34.5 Å². The van der Waals surface area contributed by atoms with Crippen molar-refractivity contribution >= 4 is 17.3 Å². The van der Waals surface area contributed by atoms with E-state index in [0.717, 1.165) is 0 Å². The van der Waals surface area contributed by atoms with Crippen LogP contribution in [-0.2, 0) is 31.5 Å². The van der Waals surface area contributed by atoms with Crippen LogP contribution in [-0.4, -0.2) is 17.3 Å². The zero-order chi connectivity index (χ0) is 32.6. The topological polar surface area (TPSA) is 120 Å². The van der Waals surface area contributed by atoms with Crippen LogP contribution < -0.4 is 15.3 Å². The average Bonchev–Trinajstić information content (AvgIpc) is 2.64. The van der Waals surface area contributed by atoms with Crippen LogP contribution in [0.2, 0.25) is 0 Å². The minimum absolute atomic E-state index is 0. The summed E-state index contributed by atoms with van der Waals surface area (Å²) in [7, 11) is 0. The average molecular weight is 606 g/mol. The largest absolute Gasteiger partial charge is 3.00 e. The first-order valence-electron chi connectivity index (χ1n) is 13.5. The fraction of sp³-hybridized carbons (Fsp3) is 0.727. The number of hydrogen-bond acceptors (Lipinski definition) is 6. The number of ketones is 3. The summed E-state index contributed by atoms with van der Waals surface area (Å²) in [5, 5.41) is 34.3. The van der Waals surface area contributed by atoms with Crippen molar-refractivity contribution in [1.29, 1.82) is 0 Å². The molecular weight excluding hydrogens is 548 g/mol. The minimum atomic E-state index is -0.457. The summed E-state index contributed by atoms with van der Waals surface area (Å²) in [6.45, 7) is 32.5. The molecule has 0 spiro atoms. The van der Waals surface area contributed by atoms with Gasteiger partial charge >= 0.3 is 17.1 Å². The summed E-state index contributed by atoms with van der Waals surface area (Å²) in [5.74, 6) is -0.625. The maximum absolute atomic E-state index is 11.4. The molecule has 0 aliphatic carbocycles. The molecule has 0 fully saturated rings. The Morgan fingerprint density at radius 3 is 0.550 bits per heavy atom. The van der Waals surface area contributed by atoms with Crippen LogP contribution >= 0.6 is 0 Å². The molecule has 233 valence electrons. The number of rotatable bonds is 3. The molecule has 0 saturated carbocycles. The quantitative estimate of drug-likeness (QED) is 0.232. The Labute approximate surface area is 256 Å². The Hall–Kier alpha value is -1.85. The number of hydrogen-bond donors (Lipinski definition) is 0. The van der Waals surface area contributed by atoms with Gasteiger partial charge in [0.05, 0.1) is 0 Å². The molecule has 0 aromatic carbocycles. The van der Waals surface area contributed by atoms with Gasteiger partial charge in [0.25, 0.3) is 0 Å². The Bertz CT molecular complexity index is 801.